The van der Waals surface area contributed by atoms with Crippen LogP contribution in [0.4, 0.5) is 0 Å². The largest absolute Gasteiger partial charge is 0.314 e. The van der Waals surface area contributed by atoms with Gasteiger partial charge in [0.2, 0.25) is 0 Å². The number of nitrogens with one attached hydrogen (secondary N) is 2. The van der Waals surface area contributed by atoms with Crippen LogP contribution >= 0.6 is 11.8 Å². The lowest BCUT2D eigenvalue weighted by molar-refractivity contribution is 0.244. The van der Waals surface area contributed by atoms with Gasteiger partial charge in [0.15, 0.2) is 0 Å². The second-order valence-electron chi connectivity index (χ2n) is 6.67. The lowest BCUT2D eigenvalue weighted by atomic mass is 9.88. The van der Waals surface area contributed by atoms with Gasteiger partial charge in [-0.1, -0.05) is 12.8 Å². The van der Waals surface area contributed by atoms with Crippen LogP contribution in [0.3, 0.4) is 0 Å². The molecular weight excluding hydrogens is 266 g/mol. The maximum absolute atomic E-state index is 3.89. The summed E-state index contributed by atoms with van der Waals surface area (Å²) < 4.78 is 0. The second-order valence-corrected chi connectivity index (χ2v) is 7.89. The van der Waals surface area contributed by atoms with Gasteiger partial charge in [-0.15, -0.1) is 0 Å². The first-order chi connectivity index (χ1) is 9.93. The van der Waals surface area contributed by atoms with Gasteiger partial charge in [0.1, 0.15) is 0 Å². The summed E-state index contributed by atoms with van der Waals surface area (Å²) in [6.45, 7) is 6.29. The molecule has 0 aromatic heterocycles. The molecule has 1 aliphatic carbocycles. The number of thioether (sulfide) groups is 1. The number of piperidine rings is 1. The lowest BCUT2D eigenvalue weighted by Gasteiger charge is -2.34. The molecule has 2 heterocycles. The van der Waals surface area contributed by atoms with Crippen molar-refractivity contribution in [2.24, 2.45) is 5.92 Å². The second kappa shape index (κ2) is 8.02. The van der Waals surface area contributed by atoms with Crippen molar-refractivity contribution in [3.63, 3.8) is 0 Å². The van der Waals surface area contributed by atoms with Crippen LogP contribution in [0.1, 0.15) is 38.5 Å². The Morgan fingerprint density at radius 1 is 1.05 bits per heavy atom. The molecular formula is C16H31N3S. The number of hydrogen-bond donors (Lipinski definition) is 2. The first kappa shape index (κ1) is 15.1. The van der Waals surface area contributed by atoms with Gasteiger partial charge < -0.3 is 15.5 Å². The van der Waals surface area contributed by atoms with E-state index in [1.807, 2.05) is 0 Å². The summed E-state index contributed by atoms with van der Waals surface area (Å²) in [7, 11) is 0. The van der Waals surface area contributed by atoms with E-state index in [2.05, 4.69) is 27.3 Å². The Balaban J connectivity index is 1.39. The molecule has 0 aromatic rings. The lowest BCUT2D eigenvalue weighted by Crippen LogP contribution is -2.48. The molecule has 2 N–H and O–H groups in total. The van der Waals surface area contributed by atoms with Gasteiger partial charge >= 0.3 is 0 Å². The van der Waals surface area contributed by atoms with Crippen LogP contribution in [0.2, 0.25) is 0 Å². The number of nitrogens with zero attached hydrogens (tertiary/aromatic N) is 1. The molecule has 0 spiro atoms. The molecule has 3 aliphatic rings. The maximum atomic E-state index is 3.89. The molecule has 116 valence electrons. The molecule has 4 heteroatoms. The van der Waals surface area contributed by atoms with E-state index >= 15 is 0 Å². The number of rotatable bonds is 5. The molecule has 0 amide bonds. The van der Waals surface area contributed by atoms with Crippen LogP contribution in [0, 0.1) is 5.92 Å². The predicted octanol–water partition coefficient (Wildman–Crippen LogP) is 1.94. The van der Waals surface area contributed by atoms with E-state index in [0.717, 1.165) is 18.0 Å². The molecule has 3 fully saturated rings. The van der Waals surface area contributed by atoms with E-state index in [-0.39, 0.29) is 0 Å². The van der Waals surface area contributed by atoms with Crippen LogP contribution in [0.15, 0.2) is 0 Å². The minimum atomic E-state index is 0.782. The SMILES string of the molecule is C1CCC(C2CCCC2NCCN2CCSCC2)NC1. The monoisotopic (exact) mass is 297 g/mol. The van der Waals surface area contributed by atoms with Crippen molar-refractivity contribution in [1.29, 1.82) is 0 Å². The van der Waals surface area contributed by atoms with E-state index in [0.29, 0.717) is 0 Å². The van der Waals surface area contributed by atoms with Crippen molar-refractivity contribution in [1.82, 2.24) is 15.5 Å². The topological polar surface area (TPSA) is 27.3 Å². The van der Waals surface area contributed by atoms with Crippen molar-refractivity contribution in [2.75, 3.05) is 44.2 Å². The first-order valence-corrected chi connectivity index (χ1v) is 9.86. The normalized spacial score (nSPS) is 36.3. The van der Waals surface area contributed by atoms with Crippen molar-refractivity contribution in [3.05, 3.63) is 0 Å². The fraction of sp³-hybridized carbons (Fsp3) is 1.00. The van der Waals surface area contributed by atoms with Crippen molar-refractivity contribution in [3.8, 4) is 0 Å². The molecule has 0 aromatic carbocycles. The van der Waals surface area contributed by atoms with Crippen LogP contribution in [0.5, 0.6) is 0 Å². The Kier molecular flexibility index (Phi) is 6.07. The molecule has 3 atom stereocenters. The zero-order valence-electron chi connectivity index (χ0n) is 12.8. The minimum Gasteiger partial charge on any atom is -0.314 e. The van der Waals surface area contributed by atoms with Crippen molar-refractivity contribution >= 4 is 11.8 Å². The molecule has 0 radical (unpaired) electrons. The Bertz CT molecular complexity index is 275. The van der Waals surface area contributed by atoms with Gasteiger partial charge in [-0.05, 0) is 38.1 Å². The smallest absolute Gasteiger partial charge is 0.0111 e. The highest BCUT2D eigenvalue weighted by molar-refractivity contribution is 7.99. The summed E-state index contributed by atoms with van der Waals surface area (Å²) in [6.07, 6.45) is 8.50. The molecule has 1 saturated carbocycles. The van der Waals surface area contributed by atoms with Crippen LogP contribution in [-0.2, 0) is 0 Å². The predicted molar refractivity (Wildman–Crippen MR) is 88.5 cm³/mol. The van der Waals surface area contributed by atoms with Gasteiger partial charge in [0.05, 0.1) is 0 Å². The van der Waals surface area contributed by atoms with E-state index in [4.69, 9.17) is 0 Å². The highest BCUT2D eigenvalue weighted by Gasteiger charge is 2.33. The third kappa shape index (κ3) is 4.12. The van der Waals surface area contributed by atoms with Gasteiger partial charge in [0, 0.05) is 49.8 Å². The van der Waals surface area contributed by atoms with E-state index in [1.165, 1.54) is 82.8 Å². The van der Waals surface area contributed by atoms with Gasteiger partial charge in [-0.3, -0.25) is 0 Å². The van der Waals surface area contributed by atoms with Gasteiger partial charge in [-0.2, -0.15) is 11.8 Å². The summed E-state index contributed by atoms with van der Waals surface area (Å²) in [5.41, 5.74) is 0. The summed E-state index contributed by atoms with van der Waals surface area (Å²) in [5.74, 6) is 3.56. The fourth-order valence-electron chi connectivity index (χ4n) is 4.20. The zero-order chi connectivity index (χ0) is 13.6. The van der Waals surface area contributed by atoms with Crippen LogP contribution < -0.4 is 10.6 Å². The molecule has 3 nitrogen and oxygen atoms in total. The van der Waals surface area contributed by atoms with Crippen molar-refractivity contribution in [2.45, 2.75) is 50.6 Å². The Morgan fingerprint density at radius 2 is 1.95 bits per heavy atom. The Morgan fingerprint density at radius 3 is 2.75 bits per heavy atom. The molecule has 3 rings (SSSR count). The third-order valence-electron chi connectivity index (χ3n) is 5.37. The quantitative estimate of drug-likeness (QED) is 0.811. The van der Waals surface area contributed by atoms with E-state index < -0.39 is 0 Å². The fourth-order valence-corrected chi connectivity index (χ4v) is 5.18. The summed E-state index contributed by atoms with van der Waals surface area (Å²) >= 11 is 2.11. The van der Waals surface area contributed by atoms with Crippen molar-refractivity contribution < 1.29 is 0 Å². The average molecular weight is 298 g/mol. The maximum Gasteiger partial charge on any atom is 0.0111 e. The van der Waals surface area contributed by atoms with Gasteiger partial charge in [-0.25, -0.2) is 0 Å². The summed E-state index contributed by atoms with van der Waals surface area (Å²) in [6, 6.07) is 1.58. The Hall–Kier alpha value is 0.230. The standard InChI is InChI=1S/C16H31N3S/c1-2-7-17-15(5-1)14-4-3-6-16(14)18-8-9-19-10-12-20-13-11-19/h14-18H,1-13H2. The third-order valence-corrected chi connectivity index (χ3v) is 6.32. The number of hydrogen-bond acceptors (Lipinski definition) is 4. The van der Waals surface area contributed by atoms with Crippen LogP contribution in [0.25, 0.3) is 0 Å². The molecule has 0 bridgehead atoms. The first-order valence-electron chi connectivity index (χ1n) is 8.70. The average Bonchev–Trinajstić information content (AvgIpc) is 2.98. The highest BCUT2D eigenvalue weighted by Crippen LogP contribution is 2.31. The zero-order valence-corrected chi connectivity index (χ0v) is 13.6. The molecule has 2 aliphatic heterocycles. The highest BCUT2D eigenvalue weighted by atomic mass is 32.2. The van der Waals surface area contributed by atoms with E-state index in [9.17, 15) is 0 Å². The Labute approximate surface area is 128 Å². The molecule has 3 unspecified atom stereocenters. The molecule has 2 saturated heterocycles. The molecule has 20 heavy (non-hydrogen) atoms. The minimum absolute atomic E-state index is 0.782. The van der Waals surface area contributed by atoms with E-state index in [1.54, 1.807) is 0 Å². The summed E-state index contributed by atoms with van der Waals surface area (Å²) in [5, 5.41) is 7.67. The van der Waals surface area contributed by atoms with Gasteiger partial charge in [0.25, 0.3) is 0 Å². The van der Waals surface area contributed by atoms with Crippen LogP contribution in [-0.4, -0.2) is 61.2 Å². The summed E-state index contributed by atoms with van der Waals surface area (Å²) in [4.78, 5) is 2.63.